The van der Waals surface area contributed by atoms with Crippen LogP contribution in [-0.4, -0.2) is 39.9 Å². The molecule has 1 aliphatic rings. The van der Waals surface area contributed by atoms with Crippen LogP contribution in [0.5, 0.6) is 0 Å². The molecule has 21 heavy (non-hydrogen) atoms. The number of likely N-dealkylation sites (tertiary alicyclic amines) is 1. The molecule has 1 aliphatic heterocycles. The summed E-state index contributed by atoms with van der Waals surface area (Å²) in [6.45, 7) is 3.37. The molecule has 6 heteroatoms. The molecule has 0 radical (unpaired) electrons. The summed E-state index contributed by atoms with van der Waals surface area (Å²) in [7, 11) is 0. The molecule has 2 N–H and O–H groups in total. The molecule has 1 fully saturated rings. The van der Waals surface area contributed by atoms with Crippen LogP contribution in [0.3, 0.4) is 0 Å². The highest BCUT2D eigenvalue weighted by atomic mass is 79.9. The van der Waals surface area contributed by atoms with Crippen LogP contribution < -0.4 is 5.73 Å². The van der Waals surface area contributed by atoms with Gasteiger partial charge in [-0.1, -0.05) is 24.4 Å². The molecule has 0 atom stereocenters. The summed E-state index contributed by atoms with van der Waals surface area (Å²) >= 11 is 10.4. The van der Waals surface area contributed by atoms with Crippen molar-refractivity contribution in [2.75, 3.05) is 19.3 Å². The fourth-order valence-corrected chi connectivity index (χ4v) is 4.29. The molecule has 0 saturated carbocycles. The number of thioether (sulfide) groups is 1. The Labute approximate surface area is 143 Å². The number of piperidine rings is 1. The zero-order valence-corrected chi connectivity index (χ0v) is 15.4. The summed E-state index contributed by atoms with van der Waals surface area (Å²) in [4.78, 5) is 15.1. The third-order valence-corrected chi connectivity index (χ3v) is 7.10. The number of hydrogen-bond acceptors (Lipinski definition) is 3. The Hall–Kier alpha value is -0.590. The van der Waals surface area contributed by atoms with E-state index in [-0.39, 0.29) is 10.7 Å². The molecule has 0 bridgehead atoms. The molecule has 114 valence electrons. The molecular formula is C15H19BrN2OS2. The lowest BCUT2D eigenvalue weighted by Gasteiger charge is -2.40. The molecule has 1 saturated heterocycles. The molecule has 0 aromatic heterocycles. The Kier molecular flexibility index (Phi) is 5.33. The first-order chi connectivity index (χ1) is 9.91. The number of thiocarbonyl (C=S) groups is 1. The molecule has 1 aromatic rings. The summed E-state index contributed by atoms with van der Waals surface area (Å²) in [5.74, 6) is 0.0724. The normalized spacial score (nSPS) is 17.6. The van der Waals surface area contributed by atoms with Crippen molar-refractivity contribution in [3.63, 3.8) is 0 Å². The average molecular weight is 387 g/mol. The third kappa shape index (κ3) is 3.27. The summed E-state index contributed by atoms with van der Waals surface area (Å²) < 4.78 is 0.724. The van der Waals surface area contributed by atoms with Crippen molar-refractivity contribution in [1.82, 2.24) is 4.90 Å². The van der Waals surface area contributed by atoms with Crippen molar-refractivity contribution in [1.29, 1.82) is 0 Å². The van der Waals surface area contributed by atoms with Crippen LogP contribution in [-0.2, 0) is 0 Å². The third-order valence-electron chi connectivity index (χ3n) is 4.12. The van der Waals surface area contributed by atoms with E-state index in [1.807, 2.05) is 36.3 Å². The molecular weight excluding hydrogens is 368 g/mol. The predicted molar refractivity (Wildman–Crippen MR) is 97.0 cm³/mol. The van der Waals surface area contributed by atoms with Crippen LogP contribution in [0.1, 0.15) is 28.8 Å². The van der Waals surface area contributed by atoms with Crippen molar-refractivity contribution in [3.05, 3.63) is 33.8 Å². The zero-order valence-electron chi connectivity index (χ0n) is 12.2. The smallest absolute Gasteiger partial charge is 0.255 e. The van der Waals surface area contributed by atoms with Gasteiger partial charge < -0.3 is 10.6 Å². The van der Waals surface area contributed by atoms with Gasteiger partial charge in [0.25, 0.3) is 5.91 Å². The lowest BCUT2D eigenvalue weighted by molar-refractivity contribution is 0.0718. The number of aryl methyl sites for hydroxylation is 1. The van der Waals surface area contributed by atoms with Gasteiger partial charge in [0.15, 0.2) is 0 Å². The van der Waals surface area contributed by atoms with Gasteiger partial charge in [0.1, 0.15) is 0 Å². The van der Waals surface area contributed by atoms with Crippen LogP contribution in [0.15, 0.2) is 22.7 Å². The monoisotopic (exact) mass is 386 g/mol. The van der Waals surface area contributed by atoms with Crippen molar-refractivity contribution in [3.8, 4) is 0 Å². The van der Waals surface area contributed by atoms with Gasteiger partial charge in [-0.25, -0.2) is 0 Å². The van der Waals surface area contributed by atoms with Gasteiger partial charge in [-0.2, -0.15) is 11.8 Å². The topological polar surface area (TPSA) is 46.3 Å². The molecule has 1 heterocycles. The summed E-state index contributed by atoms with van der Waals surface area (Å²) in [6, 6.07) is 5.77. The van der Waals surface area contributed by atoms with E-state index in [1.54, 1.807) is 11.8 Å². The second-order valence-electron chi connectivity index (χ2n) is 5.29. The quantitative estimate of drug-likeness (QED) is 0.808. The van der Waals surface area contributed by atoms with Crippen molar-refractivity contribution in [2.24, 2.45) is 5.73 Å². The number of amides is 1. The van der Waals surface area contributed by atoms with E-state index in [0.717, 1.165) is 28.4 Å². The molecule has 0 unspecified atom stereocenters. The minimum absolute atomic E-state index is 0.0724. The van der Waals surface area contributed by atoms with Gasteiger partial charge in [-0.3, -0.25) is 4.79 Å². The first kappa shape index (κ1) is 16.8. The minimum Gasteiger partial charge on any atom is -0.392 e. The highest BCUT2D eigenvalue weighted by Gasteiger charge is 2.38. The van der Waals surface area contributed by atoms with Crippen LogP contribution in [0.4, 0.5) is 0 Å². The van der Waals surface area contributed by atoms with Crippen molar-refractivity contribution >= 4 is 50.8 Å². The van der Waals surface area contributed by atoms with E-state index in [9.17, 15) is 4.79 Å². The SMILES string of the molecule is CSC1(C(N)=S)CCN(C(=O)c2cccc(C)c2Br)CC1. The molecule has 0 spiro atoms. The number of benzene rings is 1. The lowest BCUT2D eigenvalue weighted by atomic mass is 9.95. The highest BCUT2D eigenvalue weighted by molar-refractivity contribution is 9.10. The van der Waals surface area contributed by atoms with Gasteiger partial charge in [0.05, 0.1) is 15.3 Å². The minimum atomic E-state index is -0.157. The van der Waals surface area contributed by atoms with E-state index in [4.69, 9.17) is 18.0 Å². The van der Waals surface area contributed by atoms with Gasteiger partial charge in [0, 0.05) is 17.6 Å². The Bertz CT molecular complexity index is 569. The lowest BCUT2D eigenvalue weighted by Crippen LogP contribution is -2.50. The van der Waals surface area contributed by atoms with Crippen LogP contribution >= 0.6 is 39.9 Å². The number of nitrogens with zero attached hydrogens (tertiary/aromatic N) is 1. The first-order valence-corrected chi connectivity index (χ1v) is 9.23. The van der Waals surface area contributed by atoms with E-state index in [2.05, 4.69) is 15.9 Å². The Morgan fingerprint density at radius 2 is 2.05 bits per heavy atom. The Morgan fingerprint density at radius 1 is 1.43 bits per heavy atom. The maximum absolute atomic E-state index is 12.7. The summed E-state index contributed by atoms with van der Waals surface area (Å²) in [5.41, 5.74) is 7.68. The predicted octanol–water partition coefficient (Wildman–Crippen LogP) is 3.38. The van der Waals surface area contributed by atoms with Crippen LogP contribution in [0, 0.1) is 6.92 Å². The standard InChI is InChI=1S/C15H19BrN2OS2/c1-10-4-3-5-11(12(10)16)13(19)18-8-6-15(21-2,7-9-18)14(17)20/h3-5H,6-9H2,1-2H3,(H2,17,20). The zero-order chi connectivity index (χ0) is 15.6. The highest BCUT2D eigenvalue weighted by Crippen LogP contribution is 2.35. The second-order valence-corrected chi connectivity index (χ2v) is 7.71. The molecule has 2 rings (SSSR count). The van der Waals surface area contributed by atoms with E-state index in [1.165, 1.54) is 0 Å². The number of nitrogens with two attached hydrogens (primary N) is 1. The van der Waals surface area contributed by atoms with Gasteiger partial charge >= 0.3 is 0 Å². The number of hydrogen-bond donors (Lipinski definition) is 1. The molecule has 1 amide bonds. The molecule has 3 nitrogen and oxygen atoms in total. The van der Waals surface area contributed by atoms with E-state index < -0.39 is 0 Å². The van der Waals surface area contributed by atoms with E-state index in [0.29, 0.717) is 18.1 Å². The summed E-state index contributed by atoms with van der Waals surface area (Å²) in [5, 5.41) is 0. The number of carbonyl (C=O) groups is 1. The maximum Gasteiger partial charge on any atom is 0.255 e. The molecule has 0 aliphatic carbocycles. The van der Waals surface area contributed by atoms with Crippen molar-refractivity contribution in [2.45, 2.75) is 24.5 Å². The van der Waals surface area contributed by atoms with Gasteiger partial charge in [0.2, 0.25) is 0 Å². The fourth-order valence-electron chi connectivity index (χ4n) is 2.61. The Balaban J connectivity index is 2.14. The van der Waals surface area contributed by atoms with Gasteiger partial charge in [-0.05, 0) is 53.6 Å². The van der Waals surface area contributed by atoms with Crippen molar-refractivity contribution < 1.29 is 4.79 Å². The first-order valence-electron chi connectivity index (χ1n) is 6.81. The Morgan fingerprint density at radius 3 is 2.57 bits per heavy atom. The number of halogens is 1. The second kappa shape index (κ2) is 6.67. The maximum atomic E-state index is 12.7. The van der Waals surface area contributed by atoms with Crippen LogP contribution in [0.2, 0.25) is 0 Å². The summed E-state index contributed by atoms with van der Waals surface area (Å²) in [6.07, 6.45) is 3.67. The number of carbonyl (C=O) groups excluding carboxylic acids is 1. The molecule has 1 aromatic carbocycles. The van der Waals surface area contributed by atoms with Crippen LogP contribution in [0.25, 0.3) is 0 Å². The fraction of sp³-hybridized carbons (Fsp3) is 0.467. The largest absolute Gasteiger partial charge is 0.392 e. The number of rotatable bonds is 3. The average Bonchev–Trinajstić information content (AvgIpc) is 2.49. The van der Waals surface area contributed by atoms with Gasteiger partial charge in [-0.15, -0.1) is 0 Å². The van der Waals surface area contributed by atoms with E-state index >= 15 is 0 Å².